The SMILES string of the molecule is CCNc1cc(F)cc2c1[nH]c1ncc(-c3cncc(C(N)=NC)c3)c(-n3ccc(C(F)(F)F)n3)c12. The van der Waals surface area contributed by atoms with Gasteiger partial charge >= 0.3 is 6.18 Å². The van der Waals surface area contributed by atoms with Gasteiger partial charge in [-0.3, -0.25) is 9.98 Å². The second-order valence-corrected chi connectivity index (χ2v) is 7.99. The Morgan fingerprint density at radius 1 is 1.19 bits per heavy atom. The van der Waals surface area contributed by atoms with E-state index < -0.39 is 17.7 Å². The van der Waals surface area contributed by atoms with Crippen molar-refractivity contribution < 1.29 is 17.6 Å². The van der Waals surface area contributed by atoms with Crippen molar-refractivity contribution in [3.63, 3.8) is 0 Å². The molecule has 8 nitrogen and oxygen atoms in total. The fourth-order valence-electron chi connectivity index (χ4n) is 4.14. The summed E-state index contributed by atoms with van der Waals surface area (Å²) < 4.78 is 56.1. The number of rotatable bonds is 5. The Morgan fingerprint density at radius 2 is 2.00 bits per heavy atom. The van der Waals surface area contributed by atoms with Crippen molar-refractivity contribution in [1.82, 2.24) is 24.7 Å². The number of hydrogen-bond donors (Lipinski definition) is 3. The lowest BCUT2D eigenvalue weighted by Gasteiger charge is -2.13. The molecule has 184 valence electrons. The van der Waals surface area contributed by atoms with Gasteiger partial charge < -0.3 is 16.0 Å². The molecule has 0 aliphatic heterocycles. The van der Waals surface area contributed by atoms with Crippen molar-refractivity contribution in [1.29, 1.82) is 0 Å². The van der Waals surface area contributed by atoms with Crippen molar-refractivity contribution in [3.8, 4) is 16.8 Å². The molecule has 0 atom stereocenters. The van der Waals surface area contributed by atoms with E-state index in [1.54, 1.807) is 6.07 Å². The van der Waals surface area contributed by atoms with Crippen LogP contribution in [0.5, 0.6) is 0 Å². The first kappa shape index (κ1) is 23.3. The van der Waals surface area contributed by atoms with E-state index in [0.717, 1.165) is 10.7 Å². The van der Waals surface area contributed by atoms with Crippen LogP contribution in [0.4, 0.5) is 23.2 Å². The highest BCUT2D eigenvalue weighted by Crippen LogP contribution is 2.39. The number of hydrogen-bond acceptors (Lipinski definition) is 5. The molecule has 0 aliphatic carbocycles. The predicted molar refractivity (Wildman–Crippen MR) is 130 cm³/mol. The summed E-state index contributed by atoms with van der Waals surface area (Å²) in [7, 11) is 1.53. The molecule has 5 rings (SSSR count). The van der Waals surface area contributed by atoms with Crippen molar-refractivity contribution in [2.75, 3.05) is 18.9 Å². The van der Waals surface area contributed by atoms with Crippen molar-refractivity contribution in [3.05, 3.63) is 66.1 Å². The number of amidine groups is 1. The fraction of sp³-hybridized carbons (Fsp3) is 0.167. The molecule has 12 heteroatoms. The second-order valence-electron chi connectivity index (χ2n) is 7.99. The molecule has 0 bridgehead atoms. The van der Waals surface area contributed by atoms with E-state index in [4.69, 9.17) is 5.73 Å². The van der Waals surface area contributed by atoms with Crippen LogP contribution in [0.15, 0.2) is 54.0 Å². The first-order valence-electron chi connectivity index (χ1n) is 10.9. The van der Waals surface area contributed by atoms with E-state index in [-0.39, 0.29) is 11.5 Å². The van der Waals surface area contributed by atoms with Crippen LogP contribution in [-0.4, -0.2) is 44.2 Å². The molecule has 0 saturated heterocycles. The van der Waals surface area contributed by atoms with Crippen LogP contribution in [0.2, 0.25) is 0 Å². The van der Waals surface area contributed by atoms with Gasteiger partial charge in [-0.2, -0.15) is 18.3 Å². The number of nitrogens with zero attached hydrogens (tertiary/aromatic N) is 5. The van der Waals surface area contributed by atoms with Gasteiger partial charge in [0.2, 0.25) is 0 Å². The summed E-state index contributed by atoms with van der Waals surface area (Å²) in [5.74, 6) is -0.273. The predicted octanol–water partition coefficient (Wildman–Crippen LogP) is 4.89. The molecular weight excluding hydrogens is 476 g/mol. The van der Waals surface area contributed by atoms with Crippen LogP contribution in [0.1, 0.15) is 18.2 Å². The molecule has 4 heterocycles. The molecule has 1 aromatic carbocycles. The van der Waals surface area contributed by atoms with Crippen LogP contribution in [0, 0.1) is 5.82 Å². The quantitative estimate of drug-likeness (QED) is 0.182. The highest BCUT2D eigenvalue weighted by molar-refractivity contribution is 6.15. The molecule has 0 saturated carbocycles. The Labute approximate surface area is 201 Å². The van der Waals surface area contributed by atoms with E-state index >= 15 is 0 Å². The van der Waals surface area contributed by atoms with Gasteiger partial charge in [0.25, 0.3) is 0 Å². The normalized spacial score (nSPS) is 12.6. The Hall–Kier alpha value is -4.48. The number of fused-ring (bicyclic) bond motifs is 3. The zero-order chi connectivity index (χ0) is 25.6. The van der Waals surface area contributed by atoms with Crippen LogP contribution < -0.4 is 11.1 Å². The van der Waals surface area contributed by atoms with Gasteiger partial charge in [0.1, 0.15) is 17.3 Å². The summed E-state index contributed by atoms with van der Waals surface area (Å²) in [6.07, 6.45) is 1.13. The van der Waals surface area contributed by atoms with Gasteiger partial charge in [0.15, 0.2) is 5.69 Å². The monoisotopic (exact) mass is 496 g/mol. The van der Waals surface area contributed by atoms with Crippen molar-refractivity contribution >= 4 is 33.5 Å². The van der Waals surface area contributed by atoms with Crippen LogP contribution in [0.25, 0.3) is 38.8 Å². The molecule has 4 aromatic heterocycles. The zero-order valence-corrected chi connectivity index (χ0v) is 19.2. The lowest BCUT2D eigenvalue weighted by molar-refractivity contribution is -0.141. The topological polar surface area (TPSA) is 110 Å². The summed E-state index contributed by atoms with van der Waals surface area (Å²) in [5.41, 5.74) is 8.06. The van der Waals surface area contributed by atoms with E-state index in [0.29, 0.717) is 50.9 Å². The maximum atomic E-state index is 14.6. The Morgan fingerprint density at radius 3 is 2.69 bits per heavy atom. The number of aromatic nitrogens is 5. The third-order valence-corrected chi connectivity index (χ3v) is 5.73. The summed E-state index contributed by atoms with van der Waals surface area (Å²) in [5, 5.41) is 7.74. The van der Waals surface area contributed by atoms with Gasteiger partial charge in [-0.05, 0) is 31.2 Å². The van der Waals surface area contributed by atoms with E-state index in [9.17, 15) is 17.6 Å². The van der Waals surface area contributed by atoms with Crippen LogP contribution >= 0.6 is 0 Å². The molecule has 0 radical (unpaired) electrons. The Balaban J connectivity index is 1.88. The van der Waals surface area contributed by atoms with Gasteiger partial charge in [-0.15, -0.1) is 0 Å². The first-order chi connectivity index (χ1) is 17.2. The number of nitrogens with two attached hydrogens (primary N) is 1. The number of nitrogens with one attached hydrogen (secondary N) is 2. The van der Waals surface area contributed by atoms with E-state index in [1.807, 2.05) is 6.92 Å². The summed E-state index contributed by atoms with van der Waals surface area (Å²) in [4.78, 5) is 15.9. The van der Waals surface area contributed by atoms with Gasteiger partial charge in [-0.25, -0.2) is 14.1 Å². The highest BCUT2D eigenvalue weighted by Gasteiger charge is 2.34. The summed E-state index contributed by atoms with van der Waals surface area (Å²) in [6.45, 7) is 2.40. The number of benzene rings is 1. The lowest BCUT2D eigenvalue weighted by Crippen LogP contribution is -2.13. The maximum Gasteiger partial charge on any atom is 0.435 e. The number of aliphatic imine (C=N–C) groups is 1. The Bertz CT molecular complexity index is 1630. The van der Waals surface area contributed by atoms with Gasteiger partial charge in [0, 0.05) is 60.5 Å². The summed E-state index contributed by atoms with van der Waals surface area (Å²) in [6, 6.07) is 5.24. The van der Waals surface area contributed by atoms with E-state index in [2.05, 4.69) is 30.4 Å². The first-order valence-corrected chi connectivity index (χ1v) is 10.9. The summed E-state index contributed by atoms with van der Waals surface area (Å²) >= 11 is 0. The average molecular weight is 496 g/mol. The van der Waals surface area contributed by atoms with Crippen molar-refractivity contribution in [2.24, 2.45) is 10.7 Å². The molecule has 0 fully saturated rings. The van der Waals surface area contributed by atoms with Crippen LogP contribution in [0.3, 0.4) is 0 Å². The highest BCUT2D eigenvalue weighted by atomic mass is 19.4. The Kier molecular flexibility index (Phi) is 5.58. The largest absolute Gasteiger partial charge is 0.435 e. The van der Waals surface area contributed by atoms with Gasteiger partial charge in [0.05, 0.1) is 22.3 Å². The number of pyridine rings is 2. The molecule has 36 heavy (non-hydrogen) atoms. The standard InChI is InChI=1S/C24H20F4N8/c1-3-32-17-8-14(25)7-15-19-21(36-5-4-18(35-36)24(26,27)28)16(11-33-23(19)34-20(15)17)12-6-13(10-31-9-12)22(29)30-2/h4-11,32H,3H2,1-2H3,(H2,29,30)(H,33,34). The smallest absolute Gasteiger partial charge is 0.384 e. The zero-order valence-electron chi connectivity index (χ0n) is 19.2. The minimum absolute atomic E-state index is 0.239. The molecule has 0 unspecified atom stereocenters. The molecule has 0 spiro atoms. The number of halogens is 4. The van der Waals surface area contributed by atoms with E-state index in [1.165, 1.54) is 44.0 Å². The fourth-order valence-corrected chi connectivity index (χ4v) is 4.14. The van der Waals surface area contributed by atoms with Gasteiger partial charge in [-0.1, -0.05) is 0 Å². The maximum absolute atomic E-state index is 14.6. The number of anilines is 1. The molecule has 0 amide bonds. The van der Waals surface area contributed by atoms with Crippen molar-refractivity contribution in [2.45, 2.75) is 13.1 Å². The molecule has 0 aliphatic rings. The number of H-pyrrole nitrogens is 1. The lowest BCUT2D eigenvalue weighted by atomic mass is 10.0. The van der Waals surface area contributed by atoms with Crippen LogP contribution in [-0.2, 0) is 6.18 Å². The molecular formula is C24H20F4N8. The minimum atomic E-state index is -4.64. The molecule has 5 aromatic rings. The average Bonchev–Trinajstić information content (AvgIpc) is 3.49. The third-order valence-electron chi connectivity index (χ3n) is 5.73. The third kappa shape index (κ3) is 3.89. The second kappa shape index (κ2) is 8.63. The molecule has 4 N–H and O–H groups in total. The number of aromatic amines is 1. The number of alkyl halides is 3. The minimum Gasteiger partial charge on any atom is -0.384 e.